The predicted molar refractivity (Wildman–Crippen MR) is 134 cm³/mol. The number of benzene rings is 2. The van der Waals surface area contributed by atoms with E-state index in [0.29, 0.717) is 16.7 Å². The Morgan fingerprint density at radius 1 is 1.00 bits per heavy atom. The van der Waals surface area contributed by atoms with Gasteiger partial charge in [0.1, 0.15) is 5.82 Å². The number of aryl methyl sites for hydroxylation is 2. The van der Waals surface area contributed by atoms with E-state index < -0.39 is 5.82 Å². The lowest BCUT2D eigenvalue weighted by molar-refractivity contribution is -0.115. The fourth-order valence-corrected chi connectivity index (χ4v) is 4.64. The summed E-state index contributed by atoms with van der Waals surface area (Å²) in [5.41, 5.74) is 4.53. The molecule has 2 aromatic heterocycles. The second kappa shape index (κ2) is 11.1. The number of hydrogen-bond acceptors (Lipinski definition) is 5. The van der Waals surface area contributed by atoms with Gasteiger partial charge in [-0.05, 0) is 48.2 Å². The van der Waals surface area contributed by atoms with E-state index in [0.717, 1.165) is 24.1 Å². The number of rotatable bonds is 9. The molecule has 1 amide bonds. The number of nitrogens with zero attached hydrogens (tertiary/aromatic N) is 4. The van der Waals surface area contributed by atoms with Gasteiger partial charge in [-0.25, -0.2) is 4.39 Å². The highest BCUT2D eigenvalue weighted by molar-refractivity contribution is 7.99. The largest absolute Gasteiger partial charge is 0.324 e. The van der Waals surface area contributed by atoms with Crippen LogP contribution in [0.5, 0.6) is 0 Å². The molecule has 2 aromatic carbocycles. The standard InChI is InChI=1S/C26H26FN5OS/c1-3-18-9-7-10-19(4-2)24(18)32-25(20-11-8-15-28-17-20)30-31-26(32)34-16-14-23(33)29-22-13-6-5-12-21(22)27/h5-13,15,17H,3-4,14,16H2,1-2H3,(H,29,33). The van der Waals surface area contributed by atoms with E-state index >= 15 is 0 Å². The summed E-state index contributed by atoms with van der Waals surface area (Å²) >= 11 is 1.45. The SMILES string of the molecule is CCc1cccc(CC)c1-n1c(SCCC(=O)Nc2ccccc2F)nnc1-c1cccnc1. The van der Waals surface area contributed by atoms with Gasteiger partial charge in [0, 0.05) is 30.1 Å². The van der Waals surface area contributed by atoms with E-state index in [4.69, 9.17) is 0 Å². The molecule has 0 saturated carbocycles. The Hall–Kier alpha value is -3.52. The van der Waals surface area contributed by atoms with Crippen molar-refractivity contribution in [2.24, 2.45) is 0 Å². The quantitative estimate of drug-likeness (QED) is 0.314. The van der Waals surface area contributed by atoms with Crippen LogP contribution in [0.2, 0.25) is 0 Å². The molecule has 0 unspecified atom stereocenters. The maximum Gasteiger partial charge on any atom is 0.225 e. The molecule has 4 rings (SSSR count). The molecule has 0 aliphatic carbocycles. The minimum atomic E-state index is -0.451. The van der Waals surface area contributed by atoms with Crippen molar-refractivity contribution in [1.29, 1.82) is 0 Å². The van der Waals surface area contributed by atoms with Gasteiger partial charge in [-0.2, -0.15) is 0 Å². The van der Waals surface area contributed by atoms with Gasteiger partial charge < -0.3 is 5.32 Å². The van der Waals surface area contributed by atoms with E-state index in [1.807, 2.05) is 12.1 Å². The van der Waals surface area contributed by atoms with Gasteiger partial charge in [-0.1, -0.05) is 55.9 Å². The van der Waals surface area contributed by atoms with Crippen LogP contribution in [0.4, 0.5) is 10.1 Å². The zero-order valence-electron chi connectivity index (χ0n) is 19.2. The molecule has 34 heavy (non-hydrogen) atoms. The molecule has 4 aromatic rings. The zero-order valence-corrected chi connectivity index (χ0v) is 20.0. The number of pyridine rings is 1. The van der Waals surface area contributed by atoms with Gasteiger partial charge in [0.05, 0.1) is 11.4 Å². The molecule has 1 N–H and O–H groups in total. The Labute approximate surface area is 202 Å². The van der Waals surface area contributed by atoms with Gasteiger partial charge in [-0.3, -0.25) is 14.3 Å². The molecule has 0 saturated heterocycles. The van der Waals surface area contributed by atoms with E-state index in [1.165, 1.54) is 29.0 Å². The first kappa shape index (κ1) is 23.6. The van der Waals surface area contributed by atoms with Crippen molar-refractivity contribution in [3.05, 3.63) is 83.9 Å². The maximum atomic E-state index is 13.8. The van der Waals surface area contributed by atoms with Crippen molar-refractivity contribution in [2.45, 2.75) is 38.3 Å². The van der Waals surface area contributed by atoms with Crippen LogP contribution in [0.3, 0.4) is 0 Å². The number of aromatic nitrogens is 4. The Balaban J connectivity index is 1.62. The van der Waals surface area contributed by atoms with Gasteiger partial charge in [0.15, 0.2) is 11.0 Å². The molecule has 0 bridgehead atoms. The van der Waals surface area contributed by atoms with E-state index in [-0.39, 0.29) is 18.0 Å². The highest BCUT2D eigenvalue weighted by Gasteiger charge is 2.20. The third-order valence-corrected chi connectivity index (χ3v) is 6.38. The van der Waals surface area contributed by atoms with Crippen LogP contribution >= 0.6 is 11.8 Å². The van der Waals surface area contributed by atoms with Crippen LogP contribution in [-0.4, -0.2) is 31.4 Å². The number of hydrogen-bond donors (Lipinski definition) is 1. The molecule has 6 nitrogen and oxygen atoms in total. The van der Waals surface area contributed by atoms with Crippen LogP contribution in [0, 0.1) is 5.82 Å². The lowest BCUT2D eigenvalue weighted by atomic mass is 10.0. The zero-order chi connectivity index (χ0) is 23.9. The number of carbonyl (C=O) groups excluding carboxylic acids is 1. The summed E-state index contributed by atoms with van der Waals surface area (Å²) in [5.74, 6) is 0.482. The Morgan fingerprint density at radius 2 is 1.76 bits per heavy atom. The summed E-state index contributed by atoms with van der Waals surface area (Å²) in [6, 6.07) is 16.3. The molecule has 0 radical (unpaired) electrons. The lowest BCUT2D eigenvalue weighted by Gasteiger charge is -2.18. The normalized spacial score (nSPS) is 10.9. The molecule has 0 fully saturated rings. The number of halogens is 1. The fourth-order valence-electron chi connectivity index (χ4n) is 3.76. The van der Waals surface area contributed by atoms with Crippen LogP contribution < -0.4 is 5.32 Å². The first-order valence-electron chi connectivity index (χ1n) is 11.3. The van der Waals surface area contributed by atoms with Crippen LogP contribution in [0.1, 0.15) is 31.4 Å². The average molecular weight is 476 g/mol. The molecular weight excluding hydrogens is 449 g/mol. The van der Waals surface area contributed by atoms with Gasteiger partial charge in [0.25, 0.3) is 0 Å². The van der Waals surface area contributed by atoms with Gasteiger partial charge in [-0.15, -0.1) is 10.2 Å². The van der Waals surface area contributed by atoms with Crippen molar-refractivity contribution < 1.29 is 9.18 Å². The minimum Gasteiger partial charge on any atom is -0.324 e. The van der Waals surface area contributed by atoms with Gasteiger partial charge >= 0.3 is 0 Å². The smallest absolute Gasteiger partial charge is 0.225 e. The highest BCUT2D eigenvalue weighted by Crippen LogP contribution is 2.32. The van der Waals surface area contributed by atoms with Crippen LogP contribution in [0.15, 0.2) is 72.1 Å². The molecular formula is C26H26FN5OS. The second-order valence-corrected chi connectivity index (χ2v) is 8.70. The first-order valence-corrected chi connectivity index (χ1v) is 12.2. The first-order chi connectivity index (χ1) is 16.6. The number of anilines is 1. The molecule has 8 heteroatoms. The molecule has 174 valence electrons. The molecule has 0 aliphatic rings. The summed E-state index contributed by atoms with van der Waals surface area (Å²) < 4.78 is 15.9. The molecule has 0 atom stereocenters. The topological polar surface area (TPSA) is 72.7 Å². The molecule has 2 heterocycles. The second-order valence-electron chi connectivity index (χ2n) is 7.64. The molecule has 0 spiro atoms. The van der Waals surface area contributed by atoms with Crippen LogP contribution in [-0.2, 0) is 17.6 Å². The van der Waals surface area contributed by atoms with Crippen molar-refractivity contribution >= 4 is 23.4 Å². The lowest BCUT2D eigenvalue weighted by Crippen LogP contribution is -2.13. The molecule has 0 aliphatic heterocycles. The average Bonchev–Trinajstić information content (AvgIpc) is 3.28. The summed E-state index contributed by atoms with van der Waals surface area (Å²) in [4.78, 5) is 16.6. The Kier molecular flexibility index (Phi) is 7.69. The number of thioether (sulfide) groups is 1. The van der Waals surface area contributed by atoms with E-state index in [9.17, 15) is 9.18 Å². The van der Waals surface area contributed by atoms with Crippen LogP contribution in [0.25, 0.3) is 17.1 Å². The third-order valence-electron chi connectivity index (χ3n) is 5.45. The summed E-state index contributed by atoms with van der Waals surface area (Å²) in [5, 5.41) is 12.3. The number of para-hydroxylation sites is 2. The Morgan fingerprint density at radius 3 is 2.44 bits per heavy atom. The van der Waals surface area contributed by atoms with Crippen molar-refractivity contribution in [3.63, 3.8) is 0 Å². The Bertz CT molecular complexity index is 1250. The number of carbonyl (C=O) groups is 1. The van der Waals surface area contributed by atoms with E-state index in [2.05, 4.69) is 57.1 Å². The summed E-state index contributed by atoms with van der Waals surface area (Å²) in [7, 11) is 0. The van der Waals surface area contributed by atoms with Crippen molar-refractivity contribution in [3.8, 4) is 17.1 Å². The number of amides is 1. The summed E-state index contributed by atoms with van der Waals surface area (Å²) in [6.07, 6.45) is 5.44. The number of nitrogens with one attached hydrogen (secondary N) is 1. The summed E-state index contributed by atoms with van der Waals surface area (Å²) in [6.45, 7) is 4.26. The highest BCUT2D eigenvalue weighted by atomic mass is 32.2. The fraction of sp³-hybridized carbons (Fsp3) is 0.231. The van der Waals surface area contributed by atoms with Gasteiger partial charge in [0.2, 0.25) is 5.91 Å². The monoisotopic (exact) mass is 475 g/mol. The minimum absolute atomic E-state index is 0.184. The van der Waals surface area contributed by atoms with Crippen molar-refractivity contribution in [2.75, 3.05) is 11.1 Å². The maximum absolute atomic E-state index is 13.8. The van der Waals surface area contributed by atoms with Crippen molar-refractivity contribution in [1.82, 2.24) is 19.7 Å². The van der Waals surface area contributed by atoms with E-state index in [1.54, 1.807) is 30.6 Å². The third kappa shape index (κ3) is 5.17. The predicted octanol–water partition coefficient (Wildman–Crippen LogP) is 5.71.